The Morgan fingerprint density at radius 2 is 1.58 bits per heavy atom. The number of benzene rings is 2. The molecule has 0 unspecified atom stereocenters. The molecule has 0 saturated heterocycles. The van der Waals surface area contributed by atoms with E-state index in [1.54, 1.807) is 0 Å². The van der Waals surface area contributed by atoms with E-state index in [1.807, 2.05) is 67.6 Å². The molecule has 0 atom stereocenters. The number of rotatable bonds is 4. The van der Waals surface area contributed by atoms with Crippen LogP contribution >= 0.6 is 0 Å². The van der Waals surface area contributed by atoms with Crippen LogP contribution in [0.3, 0.4) is 0 Å². The monoisotopic (exact) mass is 251 g/mol. The number of hydrogen-bond donors (Lipinski definition) is 1. The maximum absolute atomic E-state index is 11.9. The van der Waals surface area contributed by atoms with Crippen molar-refractivity contribution in [1.82, 2.24) is 5.32 Å². The lowest BCUT2D eigenvalue weighted by Gasteiger charge is -2.05. The fraction of sp³-hybridized carbons (Fsp3) is 0.118. The third-order valence-corrected chi connectivity index (χ3v) is 2.78. The van der Waals surface area contributed by atoms with E-state index in [2.05, 4.69) is 11.4 Å². The number of hydrogen-bond acceptors (Lipinski definition) is 1. The van der Waals surface area contributed by atoms with Gasteiger partial charge in [0.25, 0.3) is 5.91 Å². The average Bonchev–Trinajstić information content (AvgIpc) is 2.47. The van der Waals surface area contributed by atoms with E-state index >= 15 is 0 Å². The molecule has 0 aliphatic heterocycles. The Labute approximate surface area is 113 Å². The molecule has 2 rings (SSSR count). The summed E-state index contributed by atoms with van der Waals surface area (Å²) >= 11 is 0. The molecule has 0 aliphatic carbocycles. The summed E-state index contributed by atoms with van der Waals surface area (Å²) < 4.78 is 0. The van der Waals surface area contributed by atoms with E-state index in [9.17, 15) is 4.79 Å². The van der Waals surface area contributed by atoms with Crippen LogP contribution in [0.5, 0.6) is 0 Å². The normalized spacial score (nSPS) is 11.1. The van der Waals surface area contributed by atoms with Gasteiger partial charge in [-0.3, -0.25) is 4.79 Å². The third-order valence-electron chi connectivity index (χ3n) is 2.78. The standard InChI is InChI=1S/C17H17NO/c1-14(12-15-8-4-2-5-9-15)13-18-17(19)16-10-6-3-7-11-16/h2-12H,13H2,1H3,(H,18,19)/b14-12+. The molecule has 1 amide bonds. The Bertz CT molecular complexity index is 558. The van der Waals surface area contributed by atoms with Crippen LogP contribution in [0, 0.1) is 0 Å². The van der Waals surface area contributed by atoms with Crippen molar-refractivity contribution in [2.45, 2.75) is 6.92 Å². The van der Waals surface area contributed by atoms with Crippen molar-refractivity contribution < 1.29 is 4.79 Å². The third kappa shape index (κ3) is 4.11. The second-order valence-electron chi connectivity index (χ2n) is 4.45. The maximum atomic E-state index is 11.9. The molecule has 0 heterocycles. The summed E-state index contributed by atoms with van der Waals surface area (Å²) in [5.41, 5.74) is 2.96. The average molecular weight is 251 g/mol. The van der Waals surface area contributed by atoms with Crippen molar-refractivity contribution in [3.8, 4) is 0 Å². The molecule has 2 aromatic carbocycles. The second-order valence-corrected chi connectivity index (χ2v) is 4.45. The minimum Gasteiger partial charge on any atom is -0.348 e. The van der Waals surface area contributed by atoms with E-state index < -0.39 is 0 Å². The lowest BCUT2D eigenvalue weighted by Crippen LogP contribution is -2.24. The molecule has 0 aliphatic rings. The van der Waals surface area contributed by atoms with Gasteiger partial charge in [-0.05, 0) is 24.6 Å². The predicted octanol–water partition coefficient (Wildman–Crippen LogP) is 3.52. The minimum atomic E-state index is -0.0404. The summed E-state index contributed by atoms with van der Waals surface area (Å²) in [6, 6.07) is 19.3. The van der Waals surface area contributed by atoms with Crippen LogP contribution in [0.4, 0.5) is 0 Å². The molecular formula is C17H17NO. The molecule has 2 nitrogen and oxygen atoms in total. The van der Waals surface area contributed by atoms with Crippen LogP contribution in [0.1, 0.15) is 22.8 Å². The van der Waals surface area contributed by atoms with Gasteiger partial charge in [-0.1, -0.05) is 60.2 Å². The van der Waals surface area contributed by atoms with Crippen LogP contribution in [0.25, 0.3) is 6.08 Å². The van der Waals surface area contributed by atoms with Gasteiger partial charge in [0.2, 0.25) is 0 Å². The van der Waals surface area contributed by atoms with Gasteiger partial charge >= 0.3 is 0 Å². The highest BCUT2D eigenvalue weighted by Gasteiger charge is 2.03. The number of carbonyl (C=O) groups excluding carboxylic acids is 1. The molecule has 0 spiro atoms. The van der Waals surface area contributed by atoms with Crippen molar-refractivity contribution in [3.63, 3.8) is 0 Å². The molecule has 2 aromatic rings. The van der Waals surface area contributed by atoms with Gasteiger partial charge in [-0.15, -0.1) is 0 Å². The zero-order valence-electron chi connectivity index (χ0n) is 11.0. The molecule has 2 heteroatoms. The molecular weight excluding hydrogens is 234 g/mol. The fourth-order valence-corrected chi connectivity index (χ4v) is 1.80. The summed E-state index contributed by atoms with van der Waals surface area (Å²) in [6.07, 6.45) is 2.07. The summed E-state index contributed by atoms with van der Waals surface area (Å²) in [5.74, 6) is -0.0404. The fourth-order valence-electron chi connectivity index (χ4n) is 1.80. The van der Waals surface area contributed by atoms with Crippen LogP contribution in [0.2, 0.25) is 0 Å². The van der Waals surface area contributed by atoms with Gasteiger partial charge in [-0.25, -0.2) is 0 Å². The van der Waals surface area contributed by atoms with Crippen LogP contribution in [0.15, 0.2) is 66.2 Å². The largest absolute Gasteiger partial charge is 0.348 e. The van der Waals surface area contributed by atoms with E-state index in [1.165, 1.54) is 0 Å². The first kappa shape index (κ1) is 13.1. The molecule has 1 N–H and O–H groups in total. The molecule has 0 radical (unpaired) electrons. The quantitative estimate of drug-likeness (QED) is 0.885. The highest BCUT2D eigenvalue weighted by Crippen LogP contribution is 2.05. The number of nitrogens with one attached hydrogen (secondary N) is 1. The topological polar surface area (TPSA) is 29.1 Å². The first-order chi connectivity index (χ1) is 9.25. The maximum Gasteiger partial charge on any atom is 0.251 e. The smallest absolute Gasteiger partial charge is 0.251 e. The van der Waals surface area contributed by atoms with E-state index in [0.717, 1.165) is 11.1 Å². The summed E-state index contributed by atoms with van der Waals surface area (Å²) in [7, 11) is 0. The van der Waals surface area contributed by atoms with Gasteiger partial charge in [0, 0.05) is 12.1 Å². The Balaban J connectivity index is 1.92. The Morgan fingerprint density at radius 1 is 1.00 bits per heavy atom. The van der Waals surface area contributed by atoms with Crippen molar-refractivity contribution in [1.29, 1.82) is 0 Å². The Morgan fingerprint density at radius 3 is 2.21 bits per heavy atom. The van der Waals surface area contributed by atoms with Gasteiger partial charge in [-0.2, -0.15) is 0 Å². The number of amides is 1. The van der Waals surface area contributed by atoms with Gasteiger partial charge < -0.3 is 5.32 Å². The molecule has 0 saturated carbocycles. The van der Waals surface area contributed by atoms with Crippen molar-refractivity contribution in [2.75, 3.05) is 6.54 Å². The Kier molecular flexibility index (Phi) is 4.51. The predicted molar refractivity (Wildman–Crippen MR) is 78.9 cm³/mol. The molecule has 0 fully saturated rings. The second kappa shape index (κ2) is 6.55. The van der Waals surface area contributed by atoms with Crippen LogP contribution in [-0.2, 0) is 0 Å². The zero-order valence-corrected chi connectivity index (χ0v) is 11.0. The van der Waals surface area contributed by atoms with E-state index in [4.69, 9.17) is 0 Å². The first-order valence-corrected chi connectivity index (χ1v) is 6.31. The summed E-state index contributed by atoms with van der Waals surface area (Å²) in [4.78, 5) is 11.9. The Hall–Kier alpha value is -2.35. The summed E-state index contributed by atoms with van der Waals surface area (Å²) in [5, 5.41) is 2.91. The highest BCUT2D eigenvalue weighted by molar-refractivity contribution is 5.94. The molecule has 0 bridgehead atoms. The summed E-state index contributed by atoms with van der Waals surface area (Å²) in [6.45, 7) is 2.57. The molecule has 19 heavy (non-hydrogen) atoms. The van der Waals surface area contributed by atoms with Gasteiger partial charge in [0.1, 0.15) is 0 Å². The SMILES string of the molecule is C/C(=C\c1ccccc1)CNC(=O)c1ccccc1. The lowest BCUT2D eigenvalue weighted by molar-refractivity contribution is 0.0957. The first-order valence-electron chi connectivity index (χ1n) is 6.31. The lowest BCUT2D eigenvalue weighted by atomic mass is 10.1. The number of carbonyl (C=O) groups is 1. The van der Waals surface area contributed by atoms with E-state index in [-0.39, 0.29) is 5.91 Å². The van der Waals surface area contributed by atoms with Crippen molar-refractivity contribution in [2.24, 2.45) is 0 Å². The van der Waals surface area contributed by atoms with Crippen molar-refractivity contribution in [3.05, 3.63) is 77.4 Å². The van der Waals surface area contributed by atoms with E-state index in [0.29, 0.717) is 12.1 Å². The zero-order chi connectivity index (χ0) is 13.5. The molecule has 0 aromatic heterocycles. The molecule has 96 valence electrons. The highest BCUT2D eigenvalue weighted by atomic mass is 16.1. The van der Waals surface area contributed by atoms with Gasteiger partial charge in [0.05, 0.1) is 0 Å². The minimum absolute atomic E-state index is 0.0404. The van der Waals surface area contributed by atoms with Crippen molar-refractivity contribution >= 4 is 12.0 Å². The van der Waals surface area contributed by atoms with Crippen LogP contribution < -0.4 is 5.32 Å². The van der Waals surface area contributed by atoms with Crippen LogP contribution in [-0.4, -0.2) is 12.5 Å². The van der Waals surface area contributed by atoms with Gasteiger partial charge in [0.15, 0.2) is 0 Å².